The Morgan fingerprint density at radius 1 is 1.42 bits per heavy atom. The number of hydrogen-bond donors (Lipinski definition) is 2. The summed E-state index contributed by atoms with van der Waals surface area (Å²) in [6.07, 6.45) is -0.525. The lowest BCUT2D eigenvalue weighted by molar-refractivity contribution is -0.154. The Labute approximate surface area is 110 Å². The van der Waals surface area contributed by atoms with Crippen molar-refractivity contribution in [2.24, 2.45) is 0 Å². The number of nitrogens with one attached hydrogen (secondary N) is 1. The Morgan fingerprint density at radius 3 is 2.79 bits per heavy atom. The van der Waals surface area contributed by atoms with Gasteiger partial charge >= 0.3 is 0 Å². The van der Waals surface area contributed by atoms with Crippen LogP contribution in [0, 0.1) is 0 Å². The van der Waals surface area contributed by atoms with Crippen LogP contribution in [0.5, 0.6) is 5.06 Å². The fraction of sp³-hybridized carbons (Fsp3) is 0.364. The number of carbonyl (C=O) groups excluding carboxylic acids is 3. The Bertz CT molecular complexity index is 614. The largest absolute Gasteiger partial charge is 0.499 e. The van der Waals surface area contributed by atoms with Gasteiger partial charge in [0.15, 0.2) is 5.06 Å². The number of carbonyl (C=O) groups is 3. The summed E-state index contributed by atoms with van der Waals surface area (Å²) >= 11 is 0.990. The molecule has 3 rings (SSSR count). The molecule has 100 valence electrons. The van der Waals surface area contributed by atoms with E-state index in [2.05, 4.69) is 0 Å². The van der Waals surface area contributed by atoms with Gasteiger partial charge in [-0.25, -0.2) is 4.39 Å². The zero-order valence-corrected chi connectivity index (χ0v) is 10.4. The molecule has 0 aliphatic carbocycles. The maximum atomic E-state index is 14.7. The number of piperidine rings is 1. The van der Waals surface area contributed by atoms with Crippen LogP contribution >= 0.6 is 11.3 Å². The number of hydrogen-bond acceptors (Lipinski definition) is 5. The van der Waals surface area contributed by atoms with Gasteiger partial charge in [-0.05, 0) is 0 Å². The second-order valence-corrected chi connectivity index (χ2v) is 5.32. The van der Waals surface area contributed by atoms with Crippen molar-refractivity contribution in [1.29, 1.82) is 0 Å². The standard InChI is InChI=1S/C11H9FN2O4S/c12-11(2-1-7(15)13-10(11)18)14-3-5-6(8(14)16)4-19-9(5)17/h4,17H,1-3H2,(H,13,15,18). The molecule has 8 heteroatoms. The van der Waals surface area contributed by atoms with Crippen molar-refractivity contribution in [3.05, 3.63) is 16.5 Å². The molecular weight excluding hydrogens is 275 g/mol. The number of rotatable bonds is 1. The SMILES string of the molecule is O=C1CCC(F)(N2Cc3c(csc3O)C2=O)C(=O)N1. The molecule has 1 saturated heterocycles. The van der Waals surface area contributed by atoms with Gasteiger partial charge in [0.25, 0.3) is 17.6 Å². The van der Waals surface area contributed by atoms with Crippen molar-refractivity contribution >= 4 is 29.1 Å². The minimum atomic E-state index is -2.53. The van der Waals surface area contributed by atoms with Crippen molar-refractivity contribution in [2.45, 2.75) is 25.2 Å². The zero-order valence-electron chi connectivity index (χ0n) is 9.60. The first-order chi connectivity index (χ1) is 8.93. The summed E-state index contributed by atoms with van der Waals surface area (Å²) in [7, 11) is 0. The summed E-state index contributed by atoms with van der Waals surface area (Å²) in [6.45, 7) is -0.165. The molecule has 2 N–H and O–H groups in total. The van der Waals surface area contributed by atoms with Gasteiger partial charge in [0.05, 0.1) is 12.1 Å². The predicted molar refractivity (Wildman–Crippen MR) is 62.1 cm³/mol. The molecule has 3 heterocycles. The maximum absolute atomic E-state index is 14.7. The molecule has 2 aliphatic rings. The zero-order chi connectivity index (χ0) is 13.8. The van der Waals surface area contributed by atoms with Crippen LogP contribution < -0.4 is 5.32 Å². The van der Waals surface area contributed by atoms with Crippen LogP contribution in [0.1, 0.15) is 28.8 Å². The van der Waals surface area contributed by atoms with E-state index >= 15 is 0 Å². The van der Waals surface area contributed by atoms with E-state index < -0.39 is 23.5 Å². The van der Waals surface area contributed by atoms with Gasteiger partial charge in [0.1, 0.15) is 0 Å². The maximum Gasteiger partial charge on any atom is 0.285 e. The Morgan fingerprint density at radius 2 is 2.16 bits per heavy atom. The van der Waals surface area contributed by atoms with E-state index in [4.69, 9.17) is 0 Å². The summed E-state index contributed by atoms with van der Waals surface area (Å²) < 4.78 is 14.7. The summed E-state index contributed by atoms with van der Waals surface area (Å²) in [4.78, 5) is 35.5. The number of aromatic hydroxyl groups is 1. The molecule has 0 radical (unpaired) electrons. The lowest BCUT2D eigenvalue weighted by Gasteiger charge is -2.35. The van der Waals surface area contributed by atoms with E-state index in [0.29, 0.717) is 5.56 Å². The molecule has 19 heavy (non-hydrogen) atoms. The average molecular weight is 284 g/mol. The van der Waals surface area contributed by atoms with Crippen molar-refractivity contribution in [2.75, 3.05) is 0 Å². The van der Waals surface area contributed by atoms with Gasteiger partial charge in [0.2, 0.25) is 5.91 Å². The molecule has 1 aromatic heterocycles. The summed E-state index contributed by atoms with van der Waals surface area (Å²) in [5.74, 6) is -4.85. The van der Waals surface area contributed by atoms with Crippen LogP contribution in [0.4, 0.5) is 4.39 Å². The fourth-order valence-electron chi connectivity index (χ4n) is 2.30. The first-order valence-corrected chi connectivity index (χ1v) is 6.46. The topological polar surface area (TPSA) is 86.7 Å². The molecule has 0 aromatic carbocycles. The van der Waals surface area contributed by atoms with E-state index in [1.54, 1.807) is 0 Å². The van der Waals surface area contributed by atoms with Crippen LogP contribution in [0.3, 0.4) is 0 Å². The molecular formula is C11H9FN2O4S. The molecule has 3 amide bonds. The summed E-state index contributed by atoms with van der Waals surface area (Å²) in [5, 5.41) is 12.8. The van der Waals surface area contributed by atoms with Crippen LogP contribution in [-0.2, 0) is 16.1 Å². The molecule has 1 unspecified atom stereocenters. The predicted octanol–water partition coefficient (Wildman–Crippen LogP) is 0.512. The Balaban J connectivity index is 1.94. The summed E-state index contributed by atoms with van der Waals surface area (Å²) in [5.41, 5.74) is 0.543. The molecule has 0 spiro atoms. The van der Waals surface area contributed by atoms with Crippen molar-refractivity contribution in [3.8, 4) is 5.06 Å². The molecule has 0 bridgehead atoms. The van der Waals surface area contributed by atoms with Gasteiger partial charge in [-0.1, -0.05) is 0 Å². The van der Waals surface area contributed by atoms with Gasteiger partial charge in [-0.15, -0.1) is 11.3 Å². The van der Waals surface area contributed by atoms with Gasteiger partial charge in [-0.2, -0.15) is 0 Å². The van der Waals surface area contributed by atoms with Crippen molar-refractivity contribution < 1.29 is 23.9 Å². The minimum absolute atomic E-state index is 0.0539. The highest BCUT2D eigenvalue weighted by atomic mass is 32.1. The third-order valence-electron chi connectivity index (χ3n) is 3.38. The highest BCUT2D eigenvalue weighted by Crippen LogP contribution is 2.41. The smallest absolute Gasteiger partial charge is 0.285 e. The highest BCUT2D eigenvalue weighted by Gasteiger charge is 2.53. The summed E-state index contributed by atoms with van der Waals surface area (Å²) in [6, 6.07) is 0. The van der Waals surface area contributed by atoms with Crippen molar-refractivity contribution in [1.82, 2.24) is 10.2 Å². The molecule has 1 fully saturated rings. The Kier molecular flexibility index (Phi) is 2.40. The lowest BCUT2D eigenvalue weighted by Crippen LogP contribution is -2.60. The van der Waals surface area contributed by atoms with E-state index in [0.717, 1.165) is 16.2 Å². The van der Waals surface area contributed by atoms with E-state index in [1.165, 1.54) is 5.38 Å². The molecule has 0 saturated carbocycles. The Hall–Kier alpha value is -1.96. The second-order valence-electron chi connectivity index (χ2n) is 4.46. The number of halogens is 1. The van der Waals surface area contributed by atoms with Gasteiger partial charge < -0.3 is 5.11 Å². The number of imide groups is 1. The lowest BCUT2D eigenvalue weighted by atomic mass is 10.0. The third kappa shape index (κ3) is 1.56. The normalized spacial score (nSPS) is 26.6. The molecule has 1 aromatic rings. The van der Waals surface area contributed by atoms with E-state index in [1.807, 2.05) is 5.32 Å². The number of amides is 3. The average Bonchev–Trinajstić information content (AvgIpc) is 2.87. The molecule has 1 atom stereocenters. The second kappa shape index (κ2) is 3.77. The number of alkyl halides is 1. The molecule has 6 nitrogen and oxygen atoms in total. The first kappa shape index (κ1) is 12.1. The van der Waals surface area contributed by atoms with Crippen LogP contribution in [0.15, 0.2) is 5.38 Å². The van der Waals surface area contributed by atoms with E-state index in [9.17, 15) is 23.9 Å². The number of fused-ring (bicyclic) bond motifs is 1. The van der Waals surface area contributed by atoms with E-state index in [-0.39, 0.29) is 30.0 Å². The fourth-order valence-corrected chi connectivity index (χ4v) is 3.09. The van der Waals surface area contributed by atoms with Gasteiger partial charge in [0, 0.05) is 23.8 Å². The minimum Gasteiger partial charge on any atom is -0.499 e. The third-order valence-corrected chi connectivity index (χ3v) is 4.20. The molecule has 2 aliphatic heterocycles. The monoisotopic (exact) mass is 284 g/mol. The van der Waals surface area contributed by atoms with Crippen LogP contribution in [-0.4, -0.2) is 33.5 Å². The van der Waals surface area contributed by atoms with Crippen molar-refractivity contribution in [3.63, 3.8) is 0 Å². The number of nitrogens with zero attached hydrogens (tertiary/aromatic N) is 1. The first-order valence-electron chi connectivity index (χ1n) is 5.58. The van der Waals surface area contributed by atoms with Gasteiger partial charge in [-0.3, -0.25) is 24.6 Å². The quantitative estimate of drug-likeness (QED) is 0.581. The highest BCUT2D eigenvalue weighted by molar-refractivity contribution is 7.12. The van der Waals surface area contributed by atoms with Crippen LogP contribution in [0.25, 0.3) is 0 Å². The number of thiophene rings is 1. The van der Waals surface area contributed by atoms with Crippen LogP contribution in [0.2, 0.25) is 0 Å².